The molecule has 27 heavy (non-hydrogen) atoms. The van der Waals surface area contributed by atoms with Crippen molar-refractivity contribution in [3.63, 3.8) is 0 Å². The third-order valence-electron chi connectivity index (χ3n) is 4.67. The van der Waals surface area contributed by atoms with Crippen LogP contribution in [0.15, 0.2) is 42.7 Å². The Morgan fingerprint density at radius 1 is 1.15 bits per heavy atom. The Morgan fingerprint density at radius 3 is 2.74 bits per heavy atom. The SMILES string of the molecule is Fc1ccc(Cn2cnc3cc(F)c(Nc4cc(C5CC5)[nH]n4)nc32)cc1. The van der Waals surface area contributed by atoms with Gasteiger partial charge in [0.1, 0.15) is 11.3 Å². The Kier molecular flexibility index (Phi) is 3.63. The lowest BCUT2D eigenvalue weighted by Crippen LogP contribution is -2.03. The molecule has 0 saturated heterocycles. The molecule has 5 rings (SSSR count). The number of H-pyrrole nitrogens is 1. The second-order valence-electron chi connectivity index (χ2n) is 6.77. The molecule has 8 heteroatoms. The van der Waals surface area contributed by atoms with Crippen molar-refractivity contribution in [3.8, 4) is 0 Å². The number of benzene rings is 1. The first kappa shape index (κ1) is 15.9. The summed E-state index contributed by atoms with van der Waals surface area (Å²) in [7, 11) is 0. The van der Waals surface area contributed by atoms with Crippen molar-refractivity contribution in [1.29, 1.82) is 0 Å². The number of nitrogens with one attached hydrogen (secondary N) is 2. The number of nitrogens with zero attached hydrogens (tertiary/aromatic N) is 4. The number of aromatic nitrogens is 5. The molecule has 136 valence electrons. The third kappa shape index (κ3) is 3.14. The van der Waals surface area contributed by atoms with Crippen LogP contribution in [-0.4, -0.2) is 24.7 Å². The van der Waals surface area contributed by atoms with Crippen LogP contribution in [0.3, 0.4) is 0 Å². The highest BCUT2D eigenvalue weighted by Gasteiger charge is 2.25. The summed E-state index contributed by atoms with van der Waals surface area (Å²) < 4.78 is 29.3. The summed E-state index contributed by atoms with van der Waals surface area (Å²) in [5, 5.41) is 10.1. The summed E-state index contributed by atoms with van der Waals surface area (Å²) in [6.07, 6.45) is 3.91. The lowest BCUT2D eigenvalue weighted by Gasteiger charge is -2.07. The fourth-order valence-corrected chi connectivity index (χ4v) is 3.08. The number of anilines is 2. The van der Waals surface area contributed by atoms with Crippen LogP contribution in [0.2, 0.25) is 0 Å². The van der Waals surface area contributed by atoms with Crippen LogP contribution < -0.4 is 5.32 Å². The van der Waals surface area contributed by atoms with Gasteiger partial charge in [0.2, 0.25) is 0 Å². The van der Waals surface area contributed by atoms with Gasteiger partial charge in [-0.25, -0.2) is 18.7 Å². The second kappa shape index (κ2) is 6.15. The van der Waals surface area contributed by atoms with Crippen molar-refractivity contribution in [1.82, 2.24) is 24.7 Å². The summed E-state index contributed by atoms with van der Waals surface area (Å²) in [6.45, 7) is 0.461. The summed E-state index contributed by atoms with van der Waals surface area (Å²) in [4.78, 5) is 8.61. The molecule has 0 radical (unpaired) electrons. The molecule has 0 aliphatic heterocycles. The van der Waals surface area contributed by atoms with Crippen LogP contribution in [0.5, 0.6) is 0 Å². The molecule has 0 unspecified atom stereocenters. The van der Waals surface area contributed by atoms with Crippen LogP contribution in [-0.2, 0) is 6.54 Å². The molecule has 0 bridgehead atoms. The number of hydrogen-bond acceptors (Lipinski definition) is 4. The van der Waals surface area contributed by atoms with Crippen LogP contribution in [0.4, 0.5) is 20.4 Å². The van der Waals surface area contributed by atoms with Gasteiger partial charge in [0.25, 0.3) is 0 Å². The average Bonchev–Trinajstić information content (AvgIpc) is 3.30. The molecule has 3 aromatic heterocycles. The van der Waals surface area contributed by atoms with E-state index in [9.17, 15) is 8.78 Å². The number of aromatic amines is 1. The van der Waals surface area contributed by atoms with Gasteiger partial charge < -0.3 is 9.88 Å². The minimum atomic E-state index is -0.495. The Hall–Kier alpha value is -3.29. The van der Waals surface area contributed by atoms with Crippen molar-refractivity contribution in [2.45, 2.75) is 25.3 Å². The maximum Gasteiger partial charge on any atom is 0.170 e. The van der Waals surface area contributed by atoms with E-state index in [1.165, 1.54) is 18.2 Å². The number of rotatable bonds is 5. The van der Waals surface area contributed by atoms with Gasteiger partial charge in [0.15, 0.2) is 23.1 Å². The van der Waals surface area contributed by atoms with Crippen molar-refractivity contribution in [3.05, 3.63) is 65.6 Å². The molecule has 1 saturated carbocycles. The minimum absolute atomic E-state index is 0.0946. The molecule has 1 aromatic carbocycles. The van der Waals surface area contributed by atoms with E-state index in [0.29, 0.717) is 29.4 Å². The molecule has 1 aliphatic rings. The molecule has 1 fully saturated rings. The monoisotopic (exact) mass is 366 g/mol. The van der Waals surface area contributed by atoms with Crippen LogP contribution in [0, 0.1) is 11.6 Å². The first-order valence-corrected chi connectivity index (χ1v) is 8.74. The molecule has 3 heterocycles. The van der Waals surface area contributed by atoms with Crippen LogP contribution >= 0.6 is 0 Å². The molecule has 2 N–H and O–H groups in total. The highest BCUT2D eigenvalue weighted by Crippen LogP contribution is 2.39. The maximum absolute atomic E-state index is 14.4. The molecule has 0 amide bonds. The first-order valence-electron chi connectivity index (χ1n) is 8.74. The number of fused-ring (bicyclic) bond motifs is 1. The van der Waals surface area contributed by atoms with Gasteiger partial charge in [0, 0.05) is 23.7 Å². The van der Waals surface area contributed by atoms with E-state index in [-0.39, 0.29) is 11.6 Å². The van der Waals surface area contributed by atoms with Gasteiger partial charge in [-0.1, -0.05) is 12.1 Å². The van der Waals surface area contributed by atoms with E-state index in [2.05, 4.69) is 25.5 Å². The third-order valence-corrected chi connectivity index (χ3v) is 4.67. The highest BCUT2D eigenvalue weighted by molar-refractivity contribution is 5.74. The fraction of sp³-hybridized carbons (Fsp3) is 0.211. The fourth-order valence-electron chi connectivity index (χ4n) is 3.08. The number of halogens is 2. The zero-order valence-corrected chi connectivity index (χ0v) is 14.3. The Morgan fingerprint density at radius 2 is 1.96 bits per heavy atom. The van der Waals surface area contributed by atoms with Crippen LogP contribution in [0.1, 0.15) is 30.0 Å². The van der Waals surface area contributed by atoms with E-state index in [4.69, 9.17) is 0 Å². The van der Waals surface area contributed by atoms with Gasteiger partial charge in [0.05, 0.1) is 12.9 Å². The van der Waals surface area contributed by atoms with Crippen molar-refractivity contribution in [2.75, 3.05) is 5.32 Å². The van der Waals surface area contributed by atoms with E-state index < -0.39 is 5.82 Å². The van der Waals surface area contributed by atoms with Gasteiger partial charge in [-0.05, 0) is 30.5 Å². The van der Waals surface area contributed by atoms with E-state index >= 15 is 0 Å². The Bertz CT molecular complexity index is 1110. The molecule has 1 aliphatic carbocycles. The molecule has 0 atom stereocenters. The summed E-state index contributed by atoms with van der Waals surface area (Å²) >= 11 is 0. The summed E-state index contributed by atoms with van der Waals surface area (Å²) in [5.41, 5.74) is 2.96. The minimum Gasteiger partial charge on any atom is -0.321 e. The standard InChI is InChI=1S/C19H16F2N6/c20-13-5-1-11(2-6-13)9-27-10-22-16-7-14(21)18(24-19(16)27)23-17-8-15(25-26-17)12-3-4-12/h1-2,5-8,10,12H,3-4,9H2,(H2,23,24,25,26). The van der Waals surface area contributed by atoms with Crippen LogP contribution in [0.25, 0.3) is 11.2 Å². The lowest BCUT2D eigenvalue weighted by molar-refractivity contribution is 0.625. The predicted octanol–water partition coefficient (Wildman–Crippen LogP) is 4.10. The van der Waals surface area contributed by atoms with Crippen molar-refractivity contribution >= 4 is 22.8 Å². The summed E-state index contributed by atoms with van der Waals surface area (Å²) in [5.74, 6) is 0.380. The predicted molar refractivity (Wildman–Crippen MR) is 96.8 cm³/mol. The number of imidazole rings is 1. The van der Waals surface area contributed by atoms with Gasteiger partial charge >= 0.3 is 0 Å². The lowest BCUT2D eigenvalue weighted by atomic mass is 10.2. The average molecular weight is 366 g/mol. The maximum atomic E-state index is 14.4. The highest BCUT2D eigenvalue weighted by atomic mass is 19.1. The zero-order valence-electron chi connectivity index (χ0n) is 14.3. The number of hydrogen-bond donors (Lipinski definition) is 2. The van der Waals surface area contributed by atoms with E-state index in [0.717, 1.165) is 24.1 Å². The topological polar surface area (TPSA) is 71.4 Å². The summed E-state index contributed by atoms with van der Waals surface area (Å²) in [6, 6.07) is 9.45. The van der Waals surface area contributed by atoms with Crippen molar-refractivity contribution < 1.29 is 8.78 Å². The Balaban J connectivity index is 1.45. The molecule has 4 aromatic rings. The van der Waals surface area contributed by atoms with Gasteiger partial charge in [-0.15, -0.1) is 0 Å². The molecule has 0 spiro atoms. The van der Waals surface area contributed by atoms with Gasteiger partial charge in [-0.2, -0.15) is 5.10 Å². The number of pyridine rings is 1. The van der Waals surface area contributed by atoms with Crippen molar-refractivity contribution in [2.24, 2.45) is 0 Å². The smallest absolute Gasteiger partial charge is 0.170 e. The van der Waals surface area contributed by atoms with Gasteiger partial charge in [-0.3, -0.25) is 5.10 Å². The quantitative estimate of drug-likeness (QED) is 0.558. The molecule has 6 nitrogen and oxygen atoms in total. The molecular formula is C19H16F2N6. The molecular weight excluding hydrogens is 350 g/mol. The van der Waals surface area contributed by atoms with E-state index in [1.54, 1.807) is 23.0 Å². The first-order chi connectivity index (χ1) is 13.2. The normalized spacial score (nSPS) is 14.0. The largest absolute Gasteiger partial charge is 0.321 e. The second-order valence-corrected chi connectivity index (χ2v) is 6.77. The zero-order chi connectivity index (χ0) is 18.4. The Labute approximate surface area is 153 Å². The van der Waals surface area contributed by atoms with E-state index in [1.807, 2.05) is 6.07 Å².